The van der Waals surface area contributed by atoms with Crippen LogP contribution < -0.4 is 16.6 Å². The fourth-order valence-corrected chi connectivity index (χ4v) is 1.21. The van der Waals surface area contributed by atoms with E-state index in [-0.39, 0.29) is 0 Å². The minimum atomic E-state index is -0.409. The molecule has 76 valence electrons. The van der Waals surface area contributed by atoms with Crippen molar-refractivity contribution in [3.63, 3.8) is 0 Å². The van der Waals surface area contributed by atoms with Gasteiger partial charge >= 0.3 is 6.03 Å². The number of hydrazine groups is 1. The SMILES string of the molecule is CCCc1ccc(NC(=O)NN)cc1. The van der Waals surface area contributed by atoms with Gasteiger partial charge in [-0.3, -0.25) is 5.43 Å². The first-order chi connectivity index (χ1) is 6.76. The predicted molar refractivity (Wildman–Crippen MR) is 56.8 cm³/mol. The lowest BCUT2D eigenvalue weighted by Gasteiger charge is -2.04. The molecule has 0 unspecified atom stereocenters. The number of hydrogen-bond acceptors (Lipinski definition) is 2. The van der Waals surface area contributed by atoms with Crippen molar-refractivity contribution in [3.8, 4) is 0 Å². The van der Waals surface area contributed by atoms with Crippen molar-refractivity contribution >= 4 is 11.7 Å². The van der Waals surface area contributed by atoms with Gasteiger partial charge in [0, 0.05) is 5.69 Å². The molecular formula is C10H15N3O. The van der Waals surface area contributed by atoms with E-state index in [0.29, 0.717) is 0 Å². The molecule has 0 saturated carbocycles. The molecule has 1 aromatic carbocycles. The highest BCUT2D eigenvalue weighted by Gasteiger charge is 1.97. The number of nitrogens with one attached hydrogen (secondary N) is 2. The third-order valence-corrected chi connectivity index (χ3v) is 1.88. The van der Waals surface area contributed by atoms with E-state index in [2.05, 4.69) is 12.2 Å². The first-order valence-corrected chi connectivity index (χ1v) is 4.62. The van der Waals surface area contributed by atoms with Crippen LogP contribution in [0.4, 0.5) is 10.5 Å². The highest BCUT2D eigenvalue weighted by molar-refractivity contribution is 5.88. The van der Waals surface area contributed by atoms with Crippen molar-refractivity contribution in [2.24, 2.45) is 5.84 Å². The van der Waals surface area contributed by atoms with E-state index in [4.69, 9.17) is 5.84 Å². The highest BCUT2D eigenvalue weighted by atomic mass is 16.2. The van der Waals surface area contributed by atoms with E-state index < -0.39 is 6.03 Å². The third kappa shape index (κ3) is 3.06. The number of amides is 2. The van der Waals surface area contributed by atoms with Crippen molar-refractivity contribution in [1.82, 2.24) is 5.43 Å². The summed E-state index contributed by atoms with van der Waals surface area (Å²) < 4.78 is 0. The van der Waals surface area contributed by atoms with E-state index in [1.165, 1.54) is 5.56 Å². The first-order valence-electron chi connectivity index (χ1n) is 4.62. The normalized spacial score (nSPS) is 9.57. The molecule has 0 radical (unpaired) electrons. The Morgan fingerprint density at radius 2 is 2.00 bits per heavy atom. The molecule has 1 aromatic rings. The predicted octanol–water partition coefficient (Wildman–Crippen LogP) is 1.63. The second-order valence-corrected chi connectivity index (χ2v) is 3.05. The van der Waals surface area contributed by atoms with Gasteiger partial charge in [0.05, 0.1) is 0 Å². The molecule has 0 aliphatic rings. The standard InChI is InChI=1S/C10H15N3O/c1-2-3-8-4-6-9(7-5-8)12-10(14)13-11/h4-7H,2-3,11H2,1H3,(H2,12,13,14). The number of aryl methyl sites for hydroxylation is 1. The molecule has 4 heteroatoms. The van der Waals surface area contributed by atoms with E-state index in [0.717, 1.165) is 18.5 Å². The van der Waals surface area contributed by atoms with Crippen molar-refractivity contribution in [2.45, 2.75) is 19.8 Å². The average molecular weight is 193 g/mol. The van der Waals surface area contributed by atoms with Crippen LogP contribution in [0.15, 0.2) is 24.3 Å². The van der Waals surface area contributed by atoms with Crippen LogP contribution in [-0.4, -0.2) is 6.03 Å². The molecule has 0 spiro atoms. The van der Waals surface area contributed by atoms with Gasteiger partial charge in [-0.1, -0.05) is 25.5 Å². The summed E-state index contributed by atoms with van der Waals surface area (Å²) in [4.78, 5) is 10.8. The molecule has 4 nitrogen and oxygen atoms in total. The Bertz CT molecular complexity index is 295. The maximum absolute atomic E-state index is 10.8. The van der Waals surface area contributed by atoms with Gasteiger partial charge in [0.2, 0.25) is 0 Å². The molecule has 0 aliphatic carbocycles. The zero-order valence-corrected chi connectivity index (χ0v) is 8.21. The fraction of sp³-hybridized carbons (Fsp3) is 0.300. The minimum absolute atomic E-state index is 0.409. The van der Waals surface area contributed by atoms with Crippen LogP contribution in [0.1, 0.15) is 18.9 Å². The molecule has 0 atom stereocenters. The molecule has 4 N–H and O–H groups in total. The molecule has 2 amide bonds. The topological polar surface area (TPSA) is 67.2 Å². The maximum atomic E-state index is 10.8. The number of anilines is 1. The lowest BCUT2D eigenvalue weighted by molar-refractivity contribution is 0.252. The molecule has 1 rings (SSSR count). The smallest absolute Gasteiger partial charge is 0.307 e. The van der Waals surface area contributed by atoms with Crippen LogP contribution in [0.2, 0.25) is 0 Å². The molecule has 0 aliphatic heterocycles. The number of benzene rings is 1. The van der Waals surface area contributed by atoms with Gasteiger partial charge < -0.3 is 5.32 Å². The number of hydrogen-bond donors (Lipinski definition) is 3. The van der Waals surface area contributed by atoms with Crippen LogP contribution >= 0.6 is 0 Å². The zero-order valence-electron chi connectivity index (χ0n) is 8.21. The molecule has 0 heterocycles. The average Bonchev–Trinajstić information content (AvgIpc) is 2.21. The van der Waals surface area contributed by atoms with E-state index in [1.807, 2.05) is 29.7 Å². The maximum Gasteiger partial charge on any atom is 0.333 e. The summed E-state index contributed by atoms with van der Waals surface area (Å²) in [5.74, 6) is 4.94. The number of urea groups is 1. The van der Waals surface area contributed by atoms with Crippen molar-refractivity contribution < 1.29 is 4.79 Å². The Labute approximate surface area is 83.5 Å². The minimum Gasteiger partial charge on any atom is -0.307 e. The van der Waals surface area contributed by atoms with Crippen molar-refractivity contribution in [2.75, 3.05) is 5.32 Å². The quantitative estimate of drug-likeness (QED) is 0.388. The molecule has 0 fully saturated rings. The fourth-order valence-electron chi connectivity index (χ4n) is 1.21. The van der Waals surface area contributed by atoms with Crippen LogP contribution in [0.5, 0.6) is 0 Å². The number of carbonyl (C=O) groups is 1. The monoisotopic (exact) mass is 193 g/mol. The summed E-state index contributed by atoms with van der Waals surface area (Å²) in [6.07, 6.45) is 2.18. The van der Waals surface area contributed by atoms with Crippen LogP contribution in [-0.2, 0) is 6.42 Å². The largest absolute Gasteiger partial charge is 0.333 e. The molecular weight excluding hydrogens is 178 g/mol. The van der Waals surface area contributed by atoms with Gasteiger partial charge in [0.15, 0.2) is 0 Å². The van der Waals surface area contributed by atoms with Gasteiger partial charge in [-0.05, 0) is 24.1 Å². The third-order valence-electron chi connectivity index (χ3n) is 1.88. The molecule has 0 bridgehead atoms. The Hall–Kier alpha value is -1.55. The van der Waals surface area contributed by atoms with Gasteiger partial charge in [-0.15, -0.1) is 0 Å². The van der Waals surface area contributed by atoms with Crippen LogP contribution in [0, 0.1) is 0 Å². The molecule has 14 heavy (non-hydrogen) atoms. The van der Waals surface area contributed by atoms with Crippen LogP contribution in [0.3, 0.4) is 0 Å². The lowest BCUT2D eigenvalue weighted by Crippen LogP contribution is -2.34. The summed E-state index contributed by atoms with van der Waals surface area (Å²) >= 11 is 0. The Kier molecular flexibility index (Phi) is 3.94. The number of carbonyl (C=O) groups excluding carboxylic acids is 1. The Morgan fingerprint density at radius 3 is 2.50 bits per heavy atom. The van der Waals surface area contributed by atoms with Gasteiger partial charge in [-0.2, -0.15) is 0 Å². The zero-order chi connectivity index (χ0) is 10.4. The van der Waals surface area contributed by atoms with Crippen molar-refractivity contribution in [3.05, 3.63) is 29.8 Å². The summed E-state index contributed by atoms with van der Waals surface area (Å²) in [6, 6.07) is 7.30. The lowest BCUT2D eigenvalue weighted by atomic mass is 10.1. The molecule has 0 saturated heterocycles. The number of rotatable bonds is 3. The Balaban J connectivity index is 2.59. The second-order valence-electron chi connectivity index (χ2n) is 3.05. The van der Waals surface area contributed by atoms with Crippen molar-refractivity contribution in [1.29, 1.82) is 0 Å². The summed E-state index contributed by atoms with van der Waals surface area (Å²) in [7, 11) is 0. The molecule has 0 aromatic heterocycles. The van der Waals surface area contributed by atoms with Gasteiger partial charge in [0.25, 0.3) is 0 Å². The summed E-state index contributed by atoms with van der Waals surface area (Å²) in [6.45, 7) is 2.13. The second kappa shape index (κ2) is 5.24. The van der Waals surface area contributed by atoms with Gasteiger partial charge in [-0.25, -0.2) is 10.6 Å². The van der Waals surface area contributed by atoms with Crippen LogP contribution in [0.25, 0.3) is 0 Å². The number of nitrogens with two attached hydrogens (primary N) is 1. The first kappa shape index (κ1) is 10.5. The van der Waals surface area contributed by atoms with Gasteiger partial charge in [0.1, 0.15) is 0 Å². The van der Waals surface area contributed by atoms with E-state index in [9.17, 15) is 4.79 Å². The van der Waals surface area contributed by atoms with E-state index in [1.54, 1.807) is 0 Å². The summed E-state index contributed by atoms with van der Waals surface area (Å²) in [5, 5.41) is 2.59. The summed E-state index contributed by atoms with van der Waals surface area (Å²) in [5.41, 5.74) is 4.02. The highest BCUT2D eigenvalue weighted by Crippen LogP contribution is 2.10. The van der Waals surface area contributed by atoms with E-state index >= 15 is 0 Å². The Morgan fingerprint density at radius 1 is 1.36 bits per heavy atom.